The molecule has 0 atom stereocenters. The van der Waals surface area contributed by atoms with E-state index >= 15 is 0 Å². The molecule has 0 aliphatic carbocycles. The van der Waals surface area contributed by atoms with Crippen LogP contribution in [0.4, 0.5) is 11.4 Å². The van der Waals surface area contributed by atoms with Crippen molar-refractivity contribution in [2.24, 2.45) is 0 Å². The highest BCUT2D eigenvalue weighted by Gasteiger charge is 2.13. The van der Waals surface area contributed by atoms with Crippen molar-refractivity contribution in [3.63, 3.8) is 0 Å². The molecule has 0 bridgehead atoms. The highest BCUT2D eigenvalue weighted by Crippen LogP contribution is 2.27. The first-order chi connectivity index (χ1) is 20.7. The van der Waals surface area contributed by atoms with Gasteiger partial charge < -0.3 is 4.90 Å². The normalized spacial score (nSPS) is 10.5. The minimum Gasteiger partial charge on any atom is -0.371 e. The average molecular weight is 551 g/mol. The summed E-state index contributed by atoms with van der Waals surface area (Å²) in [6.07, 6.45) is 6.14. The number of nitrogens with zero attached hydrogens (tertiary/aromatic N) is 2. The molecule has 5 aromatic carbocycles. The van der Waals surface area contributed by atoms with Gasteiger partial charge in [-0.25, -0.2) is 0 Å². The van der Waals surface area contributed by atoms with E-state index in [1.807, 2.05) is 30.3 Å². The van der Waals surface area contributed by atoms with Crippen molar-refractivity contribution in [1.29, 1.82) is 0 Å². The van der Waals surface area contributed by atoms with Gasteiger partial charge in [0.1, 0.15) is 0 Å². The molecule has 4 nitrogen and oxygen atoms in total. The fourth-order valence-electron chi connectivity index (χ4n) is 5.18. The Morgan fingerprint density at radius 3 is 1.29 bits per heavy atom. The highest BCUT2D eigenvalue weighted by molar-refractivity contribution is 5.80. The van der Waals surface area contributed by atoms with Gasteiger partial charge in [0.2, 0.25) is 0 Å². The van der Waals surface area contributed by atoms with Crippen molar-refractivity contribution in [3.8, 4) is 0 Å². The SMILES string of the molecule is O=[N+]([O-])c1cccc(N(CCC=C(c2ccccc2)c2ccccc2)CCC=C(c2ccccc2)c2ccccc2)c1. The number of hydrogen-bond acceptors (Lipinski definition) is 3. The van der Waals surface area contributed by atoms with E-state index in [0.29, 0.717) is 0 Å². The number of non-ortho nitro benzene ring substituents is 1. The van der Waals surface area contributed by atoms with E-state index in [9.17, 15) is 10.1 Å². The van der Waals surface area contributed by atoms with E-state index in [1.54, 1.807) is 18.2 Å². The summed E-state index contributed by atoms with van der Waals surface area (Å²) in [5.41, 5.74) is 8.01. The molecule has 5 rings (SSSR count). The topological polar surface area (TPSA) is 46.4 Å². The summed E-state index contributed by atoms with van der Waals surface area (Å²) in [5.74, 6) is 0. The van der Waals surface area contributed by atoms with Gasteiger partial charge in [0.15, 0.2) is 0 Å². The molecule has 0 aromatic heterocycles. The van der Waals surface area contributed by atoms with Crippen LogP contribution in [-0.4, -0.2) is 18.0 Å². The summed E-state index contributed by atoms with van der Waals surface area (Å²) in [6, 6.07) is 48.6. The van der Waals surface area contributed by atoms with E-state index in [4.69, 9.17) is 0 Å². The third-order valence-electron chi connectivity index (χ3n) is 7.24. The van der Waals surface area contributed by atoms with Crippen LogP contribution in [0.25, 0.3) is 11.1 Å². The molecule has 0 aliphatic heterocycles. The molecule has 4 heteroatoms. The maximum absolute atomic E-state index is 11.6. The molecule has 0 fully saturated rings. The molecule has 0 radical (unpaired) electrons. The Kier molecular flexibility index (Phi) is 9.72. The Labute approximate surface area is 248 Å². The minimum absolute atomic E-state index is 0.104. The minimum atomic E-state index is -0.326. The molecule has 0 amide bonds. The first-order valence-corrected chi connectivity index (χ1v) is 14.3. The zero-order chi connectivity index (χ0) is 29.0. The quantitative estimate of drug-likeness (QED) is 0.115. The maximum atomic E-state index is 11.6. The summed E-state index contributed by atoms with van der Waals surface area (Å²) in [4.78, 5) is 13.5. The second-order valence-electron chi connectivity index (χ2n) is 10.0. The van der Waals surface area contributed by atoms with E-state index in [2.05, 4.69) is 114 Å². The summed E-state index contributed by atoms with van der Waals surface area (Å²) in [7, 11) is 0. The van der Waals surface area contributed by atoms with Crippen LogP contribution in [0.15, 0.2) is 158 Å². The lowest BCUT2D eigenvalue weighted by Crippen LogP contribution is -2.25. The second-order valence-corrected chi connectivity index (χ2v) is 10.0. The monoisotopic (exact) mass is 550 g/mol. The zero-order valence-electron chi connectivity index (χ0n) is 23.6. The summed E-state index contributed by atoms with van der Waals surface area (Å²) < 4.78 is 0. The predicted molar refractivity (Wildman–Crippen MR) is 174 cm³/mol. The number of hydrogen-bond donors (Lipinski definition) is 0. The van der Waals surface area contributed by atoms with E-state index in [1.165, 1.54) is 33.4 Å². The van der Waals surface area contributed by atoms with Crippen LogP contribution in [-0.2, 0) is 0 Å². The van der Waals surface area contributed by atoms with Crippen molar-refractivity contribution in [2.45, 2.75) is 12.8 Å². The smallest absolute Gasteiger partial charge is 0.271 e. The lowest BCUT2D eigenvalue weighted by molar-refractivity contribution is -0.384. The van der Waals surface area contributed by atoms with Crippen molar-refractivity contribution >= 4 is 22.5 Å². The van der Waals surface area contributed by atoms with Gasteiger partial charge in [-0.2, -0.15) is 0 Å². The van der Waals surface area contributed by atoms with Crippen LogP contribution in [0.2, 0.25) is 0 Å². The van der Waals surface area contributed by atoms with E-state index in [0.717, 1.165) is 31.6 Å². The molecule has 0 heterocycles. The van der Waals surface area contributed by atoms with Crippen molar-refractivity contribution in [1.82, 2.24) is 0 Å². The Morgan fingerprint density at radius 2 is 0.929 bits per heavy atom. The van der Waals surface area contributed by atoms with Crippen LogP contribution in [0, 0.1) is 10.1 Å². The Bertz CT molecular complexity index is 1450. The molecule has 208 valence electrons. The number of nitro groups is 1. The molecule has 0 unspecified atom stereocenters. The van der Waals surface area contributed by atoms with Gasteiger partial charge in [0, 0.05) is 30.9 Å². The Morgan fingerprint density at radius 1 is 0.548 bits per heavy atom. The van der Waals surface area contributed by atoms with Gasteiger partial charge >= 0.3 is 0 Å². The second kappa shape index (κ2) is 14.4. The number of rotatable bonds is 12. The van der Waals surface area contributed by atoms with Gasteiger partial charge in [-0.05, 0) is 52.3 Å². The molecule has 0 spiro atoms. The molecule has 42 heavy (non-hydrogen) atoms. The number of benzene rings is 5. The first kappa shape index (κ1) is 28.3. The van der Waals surface area contributed by atoms with Crippen molar-refractivity contribution in [3.05, 3.63) is 190 Å². The zero-order valence-corrected chi connectivity index (χ0v) is 23.6. The van der Waals surface area contributed by atoms with E-state index < -0.39 is 0 Å². The fourth-order valence-corrected chi connectivity index (χ4v) is 5.18. The molecular formula is C38H34N2O2. The third kappa shape index (κ3) is 7.49. The largest absolute Gasteiger partial charge is 0.371 e. The molecule has 0 aliphatic rings. The predicted octanol–water partition coefficient (Wildman–Crippen LogP) is 9.45. The summed E-state index contributed by atoms with van der Waals surface area (Å²) in [5, 5.41) is 11.6. The maximum Gasteiger partial charge on any atom is 0.271 e. The van der Waals surface area contributed by atoms with Crippen LogP contribution >= 0.6 is 0 Å². The lowest BCUT2D eigenvalue weighted by atomic mass is 9.96. The fraction of sp³-hybridized carbons (Fsp3) is 0.105. The molecule has 0 N–H and O–H groups in total. The van der Waals surface area contributed by atoms with Crippen LogP contribution < -0.4 is 4.90 Å². The molecule has 0 saturated heterocycles. The average Bonchev–Trinajstić information content (AvgIpc) is 3.06. The lowest BCUT2D eigenvalue weighted by Gasteiger charge is -2.24. The highest BCUT2D eigenvalue weighted by atomic mass is 16.6. The van der Waals surface area contributed by atoms with Gasteiger partial charge in [-0.15, -0.1) is 0 Å². The van der Waals surface area contributed by atoms with Crippen LogP contribution in [0.5, 0.6) is 0 Å². The van der Waals surface area contributed by atoms with Crippen LogP contribution in [0.1, 0.15) is 35.1 Å². The van der Waals surface area contributed by atoms with Crippen molar-refractivity contribution in [2.75, 3.05) is 18.0 Å². The molecule has 0 saturated carbocycles. The van der Waals surface area contributed by atoms with Crippen molar-refractivity contribution < 1.29 is 4.92 Å². The van der Waals surface area contributed by atoms with Gasteiger partial charge in [0.05, 0.1) is 4.92 Å². The standard InChI is InChI=1S/C38H34N2O2/c41-40(42)36-25-13-24-35(30-36)39(28-14-26-37(31-16-5-1-6-17-31)32-18-7-2-8-19-32)29-15-27-38(33-20-9-3-10-21-33)34-22-11-4-12-23-34/h1-13,16-27,30H,14-15,28-29H2. The van der Waals surface area contributed by atoms with Gasteiger partial charge in [0.25, 0.3) is 5.69 Å². The van der Waals surface area contributed by atoms with E-state index in [-0.39, 0.29) is 10.6 Å². The van der Waals surface area contributed by atoms with Gasteiger partial charge in [-0.3, -0.25) is 10.1 Å². The van der Waals surface area contributed by atoms with Crippen LogP contribution in [0.3, 0.4) is 0 Å². The first-order valence-electron chi connectivity index (χ1n) is 14.3. The molecule has 5 aromatic rings. The number of anilines is 1. The number of nitro benzene ring substituents is 1. The third-order valence-corrected chi connectivity index (χ3v) is 7.24. The Balaban J connectivity index is 1.42. The Hall–Kier alpha value is -5.22. The molecular weight excluding hydrogens is 516 g/mol. The van der Waals surface area contributed by atoms with Gasteiger partial charge in [-0.1, -0.05) is 140 Å². The summed E-state index contributed by atoms with van der Waals surface area (Å²) in [6.45, 7) is 1.45. The summed E-state index contributed by atoms with van der Waals surface area (Å²) >= 11 is 0.